The summed E-state index contributed by atoms with van der Waals surface area (Å²) in [5, 5.41) is 0.106. The van der Waals surface area contributed by atoms with Crippen molar-refractivity contribution < 1.29 is 28.6 Å². The van der Waals surface area contributed by atoms with Gasteiger partial charge in [-0.1, -0.05) is 39.7 Å². The van der Waals surface area contributed by atoms with Crippen LogP contribution in [0.5, 0.6) is 11.5 Å². The van der Waals surface area contributed by atoms with Crippen LogP contribution in [0.1, 0.15) is 18.1 Å². The highest BCUT2D eigenvalue weighted by Gasteiger charge is 2.41. The van der Waals surface area contributed by atoms with Crippen molar-refractivity contribution >= 4 is 62.5 Å². The van der Waals surface area contributed by atoms with Gasteiger partial charge in [0, 0.05) is 9.50 Å². The summed E-state index contributed by atoms with van der Waals surface area (Å²) in [5.74, 6) is -0.278. The van der Waals surface area contributed by atoms with Crippen LogP contribution >= 0.6 is 39.3 Å². The minimum atomic E-state index is -1.01. The number of amides is 2. The number of esters is 1. The zero-order valence-corrected chi connectivity index (χ0v) is 20.5. The molecule has 0 aliphatic carbocycles. The highest BCUT2D eigenvalue weighted by molar-refractivity contribution is 9.10. The van der Waals surface area contributed by atoms with Crippen LogP contribution in [0.25, 0.3) is 6.08 Å². The summed E-state index contributed by atoms with van der Waals surface area (Å²) in [6.07, 6.45) is 1.56. The Balaban J connectivity index is 1.83. The summed E-state index contributed by atoms with van der Waals surface area (Å²) in [5.41, 5.74) is 1.54. The van der Waals surface area contributed by atoms with Crippen molar-refractivity contribution in [2.45, 2.75) is 19.6 Å². The molecule has 2 amide bonds. The highest BCUT2D eigenvalue weighted by Crippen LogP contribution is 2.39. The van der Waals surface area contributed by atoms with E-state index in [4.69, 9.17) is 21.1 Å². The van der Waals surface area contributed by atoms with Crippen molar-refractivity contribution in [2.24, 2.45) is 0 Å². The third kappa shape index (κ3) is 5.28. The van der Waals surface area contributed by atoms with Gasteiger partial charge in [0.15, 0.2) is 11.5 Å². The second kappa shape index (κ2) is 10.4. The molecule has 0 bridgehead atoms. The zero-order valence-electron chi connectivity index (χ0n) is 17.4. The molecule has 0 aromatic heterocycles. The maximum atomic E-state index is 12.7. The maximum absolute atomic E-state index is 12.7. The second-order valence-electron chi connectivity index (χ2n) is 6.69. The Labute approximate surface area is 202 Å². The molecule has 1 heterocycles. The normalized spacial score (nSPS) is 15.8. The molecule has 0 saturated carbocycles. The van der Waals surface area contributed by atoms with Crippen molar-refractivity contribution in [2.75, 3.05) is 14.2 Å². The van der Waals surface area contributed by atoms with Crippen LogP contribution in [-0.2, 0) is 20.9 Å². The summed E-state index contributed by atoms with van der Waals surface area (Å²) in [4.78, 5) is 37.9. The first kappa shape index (κ1) is 24.2. The molecule has 0 N–H and O–H groups in total. The van der Waals surface area contributed by atoms with Gasteiger partial charge in [-0.25, -0.2) is 4.79 Å². The fourth-order valence-electron chi connectivity index (χ4n) is 2.91. The number of hydrogen-bond acceptors (Lipinski definition) is 7. The molecule has 1 saturated heterocycles. The van der Waals surface area contributed by atoms with Gasteiger partial charge in [-0.2, -0.15) is 0 Å². The topological polar surface area (TPSA) is 82.1 Å². The Morgan fingerprint density at radius 2 is 1.88 bits per heavy atom. The fraction of sp³-hybridized carbons (Fsp3) is 0.227. The third-order valence-corrected chi connectivity index (χ3v) is 6.45. The summed E-state index contributed by atoms with van der Waals surface area (Å²) >= 11 is 10.1. The monoisotopic (exact) mass is 539 g/mol. The number of methoxy groups -OCH3 is 2. The Hall–Kier alpha value is -2.49. The van der Waals surface area contributed by atoms with Gasteiger partial charge in [0.2, 0.25) is 0 Å². The van der Waals surface area contributed by atoms with E-state index in [1.54, 1.807) is 30.3 Å². The number of nitrogens with zero attached hydrogens (tertiary/aromatic N) is 1. The molecule has 2 aromatic carbocycles. The van der Waals surface area contributed by atoms with Crippen LogP contribution in [0.2, 0.25) is 5.02 Å². The molecule has 1 aliphatic rings. The van der Waals surface area contributed by atoms with Crippen molar-refractivity contribution in [3.63, 3.8) is 0 Å². The smallest absolute Gasteiger partial charge is 0.328 e. The number of hydrogen-bond donors (Lipinski definition) is 0. The predicted molar refractivity (Wildman–Crippen MR) is 126 cm³/mol. The number of halogens is 2. The number of carbonyl (C=O) groups is 3. The zero-order chi connectivity index (χ0) is 23.4. The average molecular weight is 541 g/mol. The largest absolute Gasteiger partial charge is 0.493 e. The van der Waals surface area contributed by atoms with Crippen LogP contribution in [0.3, 0.4) is 0 Å². The van der Waals surface area contributed by atoms with E-state index >= 15 is 0 Å². The van der Waals surface area contributed by atoms with Crippen LogP contribution in [0, 0.1) is 0 Å². The number of carbonyl (C=O) groups excluding carboxylic acids is 3. The molecule has 1 fully saturated rings. The molecule has 0 unspecified atom stereocenters. The highest BCUT2D eigenvalue weighted by atomic mass is 79.9. The summed E-state index contributed by atoms with van der Waals surface area (Å²) in [6.45, 7) is 1.75. The van der Waals surface area contributed by atoms with Crippen molar-refractivity contribution in [3.05, 3.63) is 61.9 Å². The van der Waals surface area contributed by atoms with Crippen molar-refractivity contribution in [1.82, 2.24) is 4.90 Å². The first-order valence-corrected chi connectivity index (χ1v) is 11.3. The van der Waals surface area contributed by atoms with E-state index < -0.39 is 23.2 Å². The Bertz CT molecular complexity index is 1090. The molecule has 10 heteroatoms. The molecular formula is C22H19BrClNO6S. The van der Waals surface area contributed by atoms with Gasteiger partial charge in [0.05, 0.1) is 19.1 Å². The SMILES string of the molecule is COC(=O)[C@H](C)N1C(=O)S/C(=C/c2cc(OC)c(OCc3ccc(Cl)cc3)cc2Br)C1=O. The lowest BCUT2D eigenvalue weighted by Crippen LogP contribution is -2.42. The number of rotatable bonds is 7. The summed E-state index contributed by atoms with van der Waals surface area (Å²) in [7, 11) is 2.71. The van der Waals surface area contributed by atoms with Crippen molar-refractivity contribution in [1.29, 1.82) is 0 Å². The molecule has 7 nitrogen and oxygen atoms in total. The molecule has 32 heavy (non-hydrogen) atoms. The van der Waals surface area contributed by atoms with E-state index in [-0.39, 0.29) is 4.91 Å². The quantitative estimate of drug-likeness (QED) is 0.349. The third-order valence-electron chi connectivity index (χ3n) is 4.63. The lowest BCUT2D eigenvalue weighted by atomic mass is 10.1. The second-order valence-corrected chi connectivity index (χ2v) is 8.97. The van der Waals surface area contributed by atoms with Gasteiger partial charge in [-0.05, 0) is 60.2 Å². The van der Waals surface area contributed by atoms with Gasteiger partial charge in [-0.3, -0.25) is 14.5 Å². The molecule has 168 valence electrons. The standard InChI is InChI=1S/C22H19BrClNO6S/c1-12(21(27)30-3)25-20(26)19(32-22(25)28)9-14-8-17(29-2)18(10-16(14)23)31-11-13-4-6-15(24)7-5-13/h4-10,12H,11H2,1-3H3/b19-9+/t12-/m0/s1. The van der Waals surface area contributed by atoms with E-state index in [1.807, 2.05) is 12.1 Å². The first-order valence-electron chi connectivity index (χ1n) is 9.34. The van der Waals surface area contributed by atoms with Crippen molar-refractivity contribution in [3.8, 4) is 11.5 Å². The lowest BCUT2D eigenvalue weighted by Gasteiger charge is -2.18. The first-order chi connectivity index (χ1) is 15.2. The lowest BCUT2D eigenvalue weighted by molar-refractivity contribution is -0.148. The predicted octanol–water partition coefficient (Wildman–Crippen LogP) is 5.29. The Morgan fingerprint density at radius 1 is 1.19 bits per heavy atom. The van der Waals surface area contributed by atoms with Crippen LogP contribution in [0.15, 0.2) is 45.8 Å². The molecule has 3 rings (SSSR count). The molecular weight excluding hydrogens is 522 g/mol. The Morgan fingerprint density at radius 3 is 2.50 bits per heavy atom. The minimum Gasteiger partial charge on any atom is -0.493 e. The van der Waals surface area contributed by atoms with Gasteiger partial charge in [0.25, 0.3) is 11.1 Å². The van der Waals surface area contributed by atoms with E-state index in [9.17, 15) is 14.4 Å². The van der Waals surface area contributed by atoms with Gasteiger partial charge in [0.1, 0.15) is 12.6 Å². The number of benzene rings is 2. The van der Waals surface area contributed by atoms with E-state index in [0.29, 0.717) is 33.2 Å². The molecule has 2 aromatic rings. The minimum absolute atomic E-state index is 0.184. The Kier molecular flexibility index (Phi) is 7.86. The summed E-state index contributed by atoms with van der Waals surface area (Å²) < 4.78 is 16.6. The van der Waals surface area contributed by atoms with Crippen LogP contribution in [-0.4, -0.2) is 42.3 Å². The number of imide groups is 1. The van der Waals surface area contributed by atoms with Crippen LogP contribution < -0.4 is 9.47 Å². The molecule has 0 radical (unpaired) electrons. The average Bonchev–Trinajstić information content (AvgIpc) is 3.06. The van der Waals surface area contributed by atoms with Crippen LogP contribution in [0.4, 0.5) is 4.79 Å². The number of thioether (sulfide) groups is 1. The number of ether oxygens (including phenoxy) is 3. The fourth-order valence-corrected chi connectivity index (χ4v) is 4.37. The summed E-state index contributed by atoms with van der Waals surface area (Å²) in [6, 6.07) is 9.70. The van der Waals surface area contributed by atoms with E-state index in [0.717, 1.165) is 22.2 Å². The van der Waals surface area contributed by atoms with Gasteiger partial charge < -0.3 is 14.2 Å². The van der Waals surface area contributed by atoms with E-state index in [2.05, 4.69) is 20.7 Å². The van der Waals surface area contributed by atoms with E-state index in [1.165, 1.54) is 21.1 Å². The van der Waals surface area contributed by atoms with Gasteiger partial charge in [-0.15, -0.1) is 0 Å². The maximum Gasteiger partial charge on any atom is 0.328 e. The molecule has 1 aliphatic heterocycles. The molecule has 0 spiro atoms. The van der Waals surface area contributed by atoms with Gasteiger partial charge >= 0.3 is 5.97 Å². The molecule has 1 atom stereocenters.